The Morgan fingerprint density at radius 3 is 1.92 bits per heavy atom. The number of hydrogen-bond acceptors (Lipinski definition) is 10. The number of hydrogen-bond donors (Lipinski definition) is 0. The number of nitrogens with zero attached hydrogens (tertiary/aromatic N) is 1. The molecule has 2 aliphatic rings. The van der Waals surface area contributed by atoms with Crippen LogP contribution in [0.4, 0.5) is 0 Å². The Hall–Kier alpha value is -1.13. The van der Waals surface area contributed by atoms with E-state index in [0.717, 1.165) is 5.56 Å². The molecular weight excluding hydrogens is 548 g/mol. The lowest BCUT2D eigenvalue weighted by Gasteiger charge is -2.37. The van der Waals surface area contributed by atoms with Crippen LogP contribution >= 0.6 is 15.2 Å². The molecule has 4 atom stereocenters. The first kappa shape index (κ1) is 32.4. The van der Waals surface area contributed by atoms with Crippen LogP contribution in [0.5, 0.6) is 0 Å². The summed E-state index contributed by atoms with van der Waals surface area (Å²) in [7, 11) is -8.07. The molecule has 0 bridgehead atoms. The second-order valence-electron chi connectivity index (χ2n) is 9.72. The summed E-state index contributed by atoms with van der Waals surface area (Å²) >= 11 is 0. The predicted molar refractivity (Wildman–Crippen MR) is 145 cm³/mol. The molecule has 39 heavy (non-hydrogen) atoms. The Bertz CT molecular complexity index is 989. The maximum absolute atomic E-state index is 14.1. The Labute approximate surface area is 231 Å². The van der Waals surface area contributed by atoms with E-state index in [9.17, 15) is 13.9 Å². The molecule has 0 aromatic heterocycles. The predicted octanol–water partition coefficient (Wildman–Crippen LogP) is 5.53. The first-order valence-corrected chi connectivity index (χ1v) is 16.7. The summed E-state index contributed by atoms with van der Waals surface area (Å²) < 4.78 is 69.7. The van der Waals surface area contributed by atoms with E-state index in [1.165, 1.54) is 6.92 Å². The molecule has 1 aromatic carbocycles. The van der Waals surface area contributed by atoms with Gasteiger partial charge < -0.3 is 37.2 Å². The van der Waals surface area contributed by atoms with Gasteiger partial charge in [0.05, 0.1) is 45.2 Å². The summed E-state index contributed by atoms with van der Waals surface area (Å²) in [6.45, 7) is 12.2. The first-order valence-electron chi connectivity index (χ1n) is 13.5. The standard InChI is InChI=1S/C26H43NO10P2/c1-8-32-38(29,33-9-2)22(39(30,34-10-3)35-11-4)17-21-23-24(37-26(6,7)27(23)19(5)28)25(36-21)31-18-20-15-13-12-14-16-20/h12-16,21-25H,8-11,17-18H2,1-7H3/t21-,23?,24-,25?/m1/s1. The zero-order valence-corrected chi connectivity index (χ0v) is 25.7. The molecule has 3 rings (SSSR count). The second kappa shape index (κ2) is 13.7. The summed E-state index contributed by atoms with van der Waals surface area (Å²) in [4.78, 5) is 14.5. The molecule has 11 nitrogen and oxygen atoms in total. The molecule has 2 fully saturated rings. The van der Waals surface area contributed by atoms with Crippen LogP contribution < -0.4 is 0 Å². The van der Waals surface area contributed by atoms with Crippen LogP contribution in [0.3, 0.4) is 0 Å². The minimum atomic E-state index is -4.04. The van der Waals surface area contributed by atoms with Gasteiger partial charge in [0.2, 0.25) is 5.91 Å². The maximum Gasteiger partial charge on any atom is 0.345 e. The molecule has 2 unspecified atom stereocenters. The Morgan fingerprint density at radius 1 is 0.949 bits per heavy atom. The van der Waals surface area contributed by atoms with Crippen LogP contribution in [0.1, 0.15) is 60.5 Å². The van der Waals surface area contributed by atoms with Crippen molar-refractivity contribution in [2.24, 2.45) is 0 Å². The van der Waals surface area contributed by atoms with Gasteiger partial charge in [0.1, 0.15) is 11.8 Å². The summed E-state index contributed by atoms with van der Waals surface area (Å²) in [5.41, 5.74) is -0.0193. The maximum atomic E-state index is 14.1. The van der Waals surface area contributed by atoms with Crippen LogP contribution in [-0.4, -0.2) is 72.9 Å². The fourth-order valence-corrected chi connectivity index (χ4v) is 10.7. The van der Waals surface area contributed by atoms with Crippen molar-refractivity contribution < 1.29 is 46.2 Å². The van der Waals surface area contributed by atoms with E-state index in [-0.39, 0.29) is 45.4 Å². The zero-order valence-electron chi connectivity index (χ0n) is 23.9. The lowest BCUT2D eigenvalue weighted by Crippen LogP contribution is -2.51. The van der Waals surface area contributed by atoms with Gasteiger partial charge in [-0.05, 0) is 47.1 Å². The molecule has 13 heteroatoms. The van der Waals surface area contributed by atoms with Crippen molar-refractivity contribution >= 4 is 21.1 Å². The van der Waals surface area contributed by atoms with Crippen molar-refractivity contribution in [1.29, 1.82) is 0 Å². The molecule has 2 heterocycles. The molecule has 0 aliphatic carbocycles. The average molecular weight is 592 g/mol. The topological polar surface area (TPSA) is 119 Å². The highest BCUT2D eigenvalue weighted by Gasteiger charge is 2.62. The molecule has 0 saturated carbocycles. The zero-order chi connectivity index (χ0) is 28.8. The van der Waals surface area contributed by atoms with Crippen molar-refractivity contribution in [3.05, 3.63) is 35.9 Å². The van der Waals surface area contributed by atoms with Crippen LogP contribution in [0.25, 0.3) is 0 Å². The molecule has 2 aliphatic heterocycles. The van der Waals surface area contributed by atoms with Gasteiger partial charge in [-0.25, -0.2) is 0 Å². The van der Waals surface area contributed by atoms with Crippen molar-refractivity contribution in [3.8, 4) is 0 Å². The van der Waals surface area contributed by atoms with Gasteiger partial charge in [-0.1, -0.05) is 30.3 Å². The Morgan fingerprint density at radius 2 is 1.46 bits per heavy atom. The highest BCUT2D eigenvalue weighted by Crippen LogP contribution is 2.72. The largest absolute Gasteiger partial charge is 0.345 e. The smallest absolute Gasteiger partial charge is 0.345 e. The lowest BCUT2D eigenvalue weighted by molar-refractivity contribution is -0.213. The molecule has 2 saturated heterocycles. The molecular formula is C26H43NO10P2. The van der Waals surface area contributed by atoms with E-state index in [1.54, 1.807) is 46.4 Å². The number of rotatable bonds is 15. The SMILES string of the molecule is CCOP(=O)(OCC)C(C[C@H]1OC(OCc2ccccc2)[C@@H]2OC(C)(C)N(C(C)=O)C21)P(=O)(OCC)OCC. The summed E-state index contributed by atoms with van der Waals surface area (Å²) in [6, 6.07) is 8.99. The van der Waals surface area contributed by atoms with Crippen LogP contribution in [0, 0.1) is 0 Å². The number of ether oxygens (including phenoxy) is 3. The quantitative estimate of drug-likeness (QED) is 0.241. The highest BCUT2D eigenvalue weighted by atomic mass is 31.2. The average Bonchev–Trinajstić information content (AvgIpc) is 3.33. The number of carbonyl (C=O) groups is 1. The third-order valence-electron chi connectivity index (χ3n) is 6.60. The van der Waals surface area contributed by atoms with E-state index >= 15 is 0 Å². The normalized spacial score (nSPS) is 24.9. The van der Waals surface area contributed by atoms with E-state index < -0.39 is 50.9 Å². The lowest BCUT2D eigenvalue weighted by atomic mass is 10.0. The minimum absolute atomic E-state index is 0.0577. The molecule has 1 aromatic rings. The van der Waals surface area contributed by atoms with Crippen molar-refractivity contribution in [3.63, 3.8) is 0 Å². The van der Waals surface area contributed by atoms with E-state index in [4.69, 9.17) is 32.3 Å². The number of amides is 1. The van der Waals surface area contributed by atoms with Gasteiger partial charge >= 0.3 is 15.2 Å². The number of carbonyl (C=O) groups excluding carboxylic acids is 1. The highest BCUT2D eigenvalue weighted by molar-refractivity contribution is 7.72. The fourth-order valence-electron chi connectivity index (χ4n) is 5.34. The minimum Gasteiger partial charge on any atom is -0.345 e. The fraction of sp³-hybridized carbons (Fsp3) is 0.731. The molecule has 0 N–H and O–H groups in total. The van der Waals surface area contributed by atoms with E-state index in [2.05, 4.69) is 0 Å². The molecule has 222 valence electrons. The Balaban J connectivity index is 2.02. The van der Waals surface area contributed by atoms with Crippen LogP contribution in [0.15, 0.2) is 30.3 Å². The van der Waals surface area contributed by atoms with Crippen molar-refractivity contribution in [1.82, 2.24) is 4.90 Å². The van der Waals surface area contributed by atoms with Gasteiger partial charge in [0, 0.05) is 13.3 Å². The van der Waals surface area contributed by atoms with Crippen molar-refractivity contribution in [2.45, 2.75) is 97.2 Å². The van der Waals surface area contributed by atoms with Crippen LogP contribution in [-0.2, 0) is 52.8 Å². The second-order valence-corrected chi connectivity index (χ2v) is 14.6. The van der Waals surface area contributed by atoms with Gasteiger partial charge in [-0.15, -0.1) is 0 Å². The summed E-state index contributed by atoms with van der Waals surface area (Å²) in [5.74, 6) is -0.225. The number of benzene rings is 1. The molecule has 0 spiro atoms. The van der Waals surface area contributed by atoms with Crippen LogP contribution in [0.2, 0.25) is 0 Å². The third kappa shape index (κ3) is 7.21. The number of fused-ring (bicyclic) bond motifs is 1. The monoisotopic (exact) mass is 591 g/mol. The van der Waals surface area contributed by atoms with Gasteiger partial charge in [-0.2, -0.15) is 0 Å². The van der Waals surface area contributed by atoms with E-state index in [0.29, 0.717) is 0 Å². The van der Waals surface area contributed by atoms with Gasteiger partial charge in [0.25, 0.3) is 0 Å². The third-order valence-corrected chi connectivity index (χ3v) is 12.7. The molecule has 1 amide bonds. The first-order chi connectivity index (χ1) is 18.5. The summed E-state index contributed by atoms with van der Waals surface area (Å²) in [6.07, 6.45) is -2.39. The molecule has 0 radical (unpaired) electrons. The van der Waals surface area contributed by atoms with Crippen molar-refractivity contribution in [2.75, 3.05) is 26.4 Å². The van der Waals surface area contributed by atoms with Gasteiger partial charge in [-0.3, -0.25) is 13.9 Å². The van der Waals surface area contributed by atoms with Gasteiger partial charge in [0.15, 0.2) is 11.7 Å². The van der Waals surface area contributed by atoms with E-state index in [1.807, 2.05) is 30.3 Å². The Kier molecular flexibility index (Phi) is 11.4. The summed E-state index contributed by atoms with van der Waals surface area (Å²) in [5, 5.41) is -1.30.